The first kappa shape index (κ1) is 23.2. The Labute approximate surface area is 205 Å². The quantitative estimate of drug-likeness (QED) is 0.390. The van der Waals surface area contributed by atoms with Crippen LogP contribution in [0, 0.1) is 0 Å². The van der Waals surface area contributed by atoms with Crippen molar-refractivity contribution in [1.82, 2.24) is 13.9 Å². The van der Waals surface area contributed by atoms with Crippen LogP contribution in [0.5, 0.6) is 11.5 Å². The van der Waals surface area contributed by atoms with E-state index in [4.69, 9.17) is 9.47 Å². The molecule has 9 heteroatoms. The van der Waals surface area contributed by atoms with E-state index in [2.05, 4.69) is 14.8 Å². The molecular weight excluding hydrogens is 464 g/mol. The van der Waals surface area contributed by atoms with Gasteiger partial charge in [0.1, 0.15) is 17.3 Å². The van der Waals surface area contributed by atoms with Gasteiger partial charge in [-0.1, -0.05) is 6.07 Å². The van der Waals surface area contributed by atoms with E-state index in [0.717, 1.165) is 42.9 Å². The molecule has 0 aliphatic carbocycles. The van der Waals surface area contributed by atoms with Gasteiger partial charge in [-0.25, -0.2) is 17.4 Å². The fraction of sp³-hybridized carbons (Fsp3) is 0.269. The minimum atomic E-state index is -3.79. The predicted octanol–water partition coefficient (Wildman–Crippen LogP) is 3.61. The molecule has 1 fully saturated rings. The number of methoxy groups -OCH3 is 2. The summed E-state index contributed by atoms with van der Waals surface area (Å²) in [7, 11) is -0.621. The Kier molecular flexibility index (Phi) is 6.36. The first-order chi connectivity index (χ1) is 17.0. The van der Waals surface area contributed by atoms with Gasteiger partial charge in [0, 0.05) is 50.5 Å². The number of piperazine rings is 1. The molecule has 4 aromatic rings. The van der Waals surface area contributed by atoms with Gasteiger partial charge in [-0.05, 0) is 60.2 Å². The first-order valence-corrected chi connectivity index (χ1v) is 12.9. The van der Waals surface area contributed by atoms with Crippen LogP contribution in [0.15, 0.2) is 78.0 Å². The maximum absolute atomic E-state index is 13.6. The Morgan fingerprint density at radius 3 is 2.26 bits per heavy atom. The van der Waals surface area contributed by atoms with Crippen molar-refractivity contribution in [3.63, 3.8) is 0 Å². The monoisotopic (exact) mass is 492 g/mol. The number of aromatic nitrogens is 2. The van der Waals surface area contributed by atoms with Crippen LogP contribution in [-0.4, -0.2) is 62.7 Å². The molecule has 1 saturated heterocycles. The third kappa shape index (κ3) is 4.56. The summed E-state index contributed by atoms with van der Waals surface area (Å²) in [5.41, 5.74) is 1.58. The molecule has 2 aromatic heterocycles. The molecule has 0 N–H and O–H groups in total. The molecule has 2 aromatic carbocycles. The molecule has 3 heterocycles. The highest BCUT2D eigenvalue weighted by atomic mass is 32.2. The Bertz CT molecular complexity index is 1410. The molecule has 182 valence electrons. The van der Waals surface area contributed by atoms with Crippen LogP contribution in [0.4, 0.5) is 5.82 Å². The number of ether oxygens (including phenoxy) is 2. The van der Waals surface area contributed by atoms with Crippen LogP contribution in [0.25, 0.3) is 10.9 Å². The highest BCUT2D eigenvalue weighted by Crippen LogP contribution is 2.31. The maximum atomic E-state index is 13.6. The second-order valence-corrected chi connectivity index (χ2v) is 10.3. The van der Waals surface area contributed by atoms with Crippen LogP contribution in [0.3, 0.4) is 0 Å². The number of pyridine rings is 1. The summed E-state index contributed by atoms with van der Waals surface area (Å²) < 4.78 is 39.1. The van der Waals surface area contributed by atoms with E-state index in [9.17, 15) is 8.42 Å². The highest BCUT2D eigenvalue weighted by Gasteiger charge is 2.24. The number of benzene rings is 2. The molecule has 5 rings (SSSR count). The minimum absolute atomic E-state index is 0.210. The summed E-state index contributed by atoms with van der Waals surface area (Å²) in [6, 6.07) is 17.9. The van der Waals surface area contributed by atoms with E-state index in [-0.39, 0.29) is 4.90 Å². The van der Waals surface area contributed by atoms with E-state index in [0.29, 0.717) is 23.6 Å². The molecule has 1 aliphatic heterocycles. The number of anilines is 1. The van der Waals surface area contributed by atoms with Gasteiger partial charge in [0.15, 0.2) is 0 Å². The molecule has 0 saturated carbocycles. The molecule has 1 aliphatic rings. The van der Waals surface area contributed by atoms with Crippen molar-refractivity contribution in [1.29, 1.82) is 0 Å². The zero-order valence-corrected chi connectivity index (χ0v) is 20.6. The third-order valence-corrected chi connectivity index (χ3v) is 8.10. The standard InChI is InChI=1S/C26H28N4O4S/c1-33-21-6-9-23(10-7-21)35(31,32)30-19-20(24-17-22(34-2)8-11-25(24)30)18-28-13-15-29(16-14-28)26-5-3-4-12-27-26/h3-12,17,19H,13-16,18H2,1-2H3. The third-order valence-electron chi connectivity index (χ3n) is 6.42. The Hall–Kier alpha value is -3.56. The van der Waals surface area contributed by atoms with E-state index >= 15 is 0 Å². The largest absolute Gasteiger partial charge is 0.497 e. The maximum Gasteiger partial charge on any atom is 0.268 e. The Balaban J connectivity index is 1.44. The molecule has 0 bridgehead atoms. The van der Waals surface area contributed by atoms with E-state index < -0.39 is 10.0 Å². The number of fused-ring (bicyclic) bond motifs is 1. The average Bonchev–Trinajstić information content (AvgIpc) is 3.28. The lowest BCUT2D eigenvalue weighted by molar-refractivity contribution is 0.250. The molecule has 0 radical (unpaired) electrons. The van der Waals surface area contributed by atoms with Crippen LogP contribution < -0.4 is 14.4 Å². The normalized spacial score (nSPS) is 14.9. The molecule has 8 nitrogen and oxygen atoms in total. The van der Waals surface area contributed by atoms with Crippen molar-refractivity contribution >= 4 is 26.7 Å². The lowest BCUT2D eigenvalue weighted by Crippen LogP contribution is -2.46. The molecular formula is C26H28N4O4S. The smallest absolute Gasteiger partial charge is 0.268 e. The van der Waals surface area contributed by atoms with Crippen LogP contribution in [0.2, 0.25) is 0 Å². The van der Waals surface area contributed by atoms with Gasteiger partial charge < -0.3 is 14.4 Å². The SMILES string of the molecule is COc1ccc(S(=O)(=O)n2cc(CN3CCN(c4ccccn4)CC3)c3cc(OC)ccc32)cc1. The second-order valence-electron chi connectivity index (χ2n) is 8.46. The van der Waals surface area contributed by atoms with Crippen molar-refractivity contribution in [2.45, 2.75) is 11.4 Å². The summed E-state index contributed by atoms with van der Waals surface area (Å²) >= 11 is 0. The fourth-order valence-electron chi connectivity index (χ4n) is 4.48. The summed E-state index contributed by atoms with van der Waals surface area (Å²) in [5.74, 6) is 2.29. The fourth-order valence-corrected chi connectivity index (χ4v) is 5.87. The molecule has 0 amide bonds. The topological polar surface area (TPSA) is 76.9 Å². The van der Waals surface area contributed by atoms with Crippen molar-refractivity contribution in [3.8, 4) is 11.5 Å². The predicted molar refractivity (Wildman–Crippen MR) is 136 cm³/mol. The second kappa shape index (κ2) is 9.59. The van der Waals surface area contributed by atoms with Gasteiger partial charge in [0.2, 0.25) is 0 Å². The first-order valence-electron chi connectivity index (χ1n) is 11.5. The number of hydrogen-bond donors (Lipinski definition) is 0. The van der Waals surface area contributed by atoms with E-state index in [1.165, 1.54) is 3.97 Å². The lowest BCUT2D eigenvalue weighted by atomic mass is 10.1. The van der Waals surface area contributed by atoms with Crippen LogP contribution >= 0.6 is 0 Å². The van der Waals surface area contributed by atoms with Crippen molar-refractivity contribution < 1.29 is 17.9 Å². The molecule has 35 heavy (non-hydrogen) atoms. The summed E-state index contributed by atoms with van der Waals surface area (Å²) in [4.78, 5) is 9.29. The van der Waals surface area contributed by atoms with Crippen molar-refractivity contribution in [2.24, 2.45) is 0 Å². The van der Waals surface area contributed by atoms with E-state index in [1.54, 1.807) is 56.8 Å². The zero-order valence-electron chi connectivity index (χ0n) is 19.8. The van der Waals surface area contributed by atoms with Crippen LogP contribution in [-0.2, 0) is 16.6 Å². The number of hydrogen-bond acceptors (Lipinski definition) is 7. The number of rotatable bonds is 7. The van der Waals surface area contributed by atoms with Gasteiger partial charge in [0.05, 0.1) is 24.6 Å². The number of nitrogens with zero attached hydrogens (tertiary/aromatic N) is 4. The Morgan fingerprint density at radius 2 is 1.60 bits per heavy atom. The highest BCUT2D eigenvalue weighted by molar-refractivity contribution is 7.90. The molecule has 0 unspecified atom stereocenters. The van der Waals surface area contributed by atoms with Gasteiger partial charge in [-0.15, -0.1) is 0 Å². The average molecular weight is 493 g/mol. The van der Waals surface area contributed by atoms with Gasteiger partial charge in [0.25, 0.3) is 10.0 Å². The van der Waals surface area contributed by atoms with Crippen molar-refractivity contribution in [3.05, 3.63) is 78.6 Å². The van der Waals surface area contributed by atoms with Crippen molar-refractivity contribution in [2.75, 3.05) is 45.3 Å². The summed E-state index contributed by atoms with van der Waals surface area (Å²) in [6.45, 7) is 4.09. The summed E-state index contributed by atoms with van der Waals surface area (Å²) in [6.07, 6.45) is 3.56. The van der Waals surface area contributed by atoms with E-state index in [1.807, 2.05) is 30.5 Å². The van der Waals surface area contributed by atoms with Gasteiger partial charge in [-0.2, -0.15) is 0 Å². The lowest BCUT2D eigenvalue weighted by Gasteiger charge is -2.35. The Morgan fingerprint density at radius 1 is 0.886 bits per heavy atom. The van der Waals surface area contributed by atoms with Gasteiger partial charge >= 0.3 is 0 Å². The van der Waals surface area contributed by atoms with Gasteiger partial charge in [-0.3, -0.25) is 4.90 Å². The summed E-state index contributed by atoms with van der Waals surface area (Å²) in [5, 5.41) is 0.869. The minimum Gasteiger partial charge on any atom is -0.497 e. The zero-order chi connectivity index (χ0) is 24.4. The molecule has 0 spiro atoms. The molecule has 0 atom stereocenters. The van der Waals surface area contributed by atoms with Crippen LogP contribution in [0.1, 0.15) is 5.56 Å².